The van der Waals surface area contributed by atoms with Crippen LogP contribution in [0.1, 0.15) is 29.3 Å². The highest BCUT2D eigenvalue weighted by atomic mass is 19.1. The van der Waals surface area contributed by atoms with Crippen LogP contribution < -0.4 is 10.1 Å². The zero-order chi connectivity index (χ0) is 16.6. The number of ether oxygens (including phenoxy) is 1. The molecule has 0 saturated heterocycles. The molecule has 6 heteroatoms. The summed E-state index contributed by atoms with van der Waals surface area (Å²) >= 11 is 0. The van der Waals surface area contributed by atoms with Gasteiger partial charge in [0.1, 0.15) is 5.82 Å². The van der Waals surface area contributed by atoms with Crippen LogP contribution in [-0.2, 0) is 11.2 Å². The molecular weight excluding hydrogens is 304 g/mol. The molecule has 0 radical (unpaired) electrons. The lowest BCUT2D eigenvalue weighted by molar-refractivity contribution is -0.114. The third-order valence-corrected chi connectivity index (χ3v) is 3.55. The maximum atomic E-state index is 13.8. The molecule has 0 heterocycles. The molecule has 0 fully saturated rings. The largest absolute Gasteiger partial charge is 0.452 e. The number of fused-ring (bicyclic) bond motifs is 1. The number of Topliss-reactive ketones (excluding diaryl/α,β-unsaturated/α-hetero) is 1. The van der Waals surface area contributed by atoms with Crippen molar-refractivity contribution in [3.63, 3.8) is 0 Å². The number of nitrogens with one attached hydrogen (secondary N) is 1. The third kappa shape index (κ3) is 3.06. The van der Waals surface area contributed by atoms with Gasteiger partial charge in [-0.05, 0) is 36.2 Å². The minimum atomic E-state index is -0.870. The molecule has 0 atom stereocenters. The monoisotopic (exact) mass is 317 g/mol. The van der Waals surface area contributed by atoms with Gasteiger partial charge in [-0.1, -0.05) is 0 Å². The molecule has 0 aliphatic heterocycles. The van der Waals surface area contributed by atoms with Crippen LogP contribution >= 0.6 is 0 Å². The van der Waals surface area contributed by atoms with Crippen LogP contribution in [0.2, 0.25) is 0 Å². The summed E-state index contributed by atoms with van der Waals surface area (Å²) in [4.78, 5) is 23.2. The van der Waals surface area contributed by atoms with Crippen molar-refractivity contribution in [2.75, 3.05) is 5.32 Å². The Bertz CT molecular complexity index is 818. The number of carbonyl (C=O) groups is 2. The van der Waals surface area contributed by atoms with Crippen molar-refractivity contribution >= 4 is 17.4 Å². The van der Waals surface area contributed by atoms with Gasteiger partial charge in [0.2, 0.25) is 5.91 Å². The van der Waals surface area contributed by atoms with E-state index in [1.807, 2.05) is 0 Å². The number of hydrogen-bond acceptors (Lipinski definition) is 3. The minimum Gasteiger partial charge on any atom is -0.452 e. The van der Waals surface area contributed by atoms with E-state index in [0.717, 1.165) is 17.7 Å². The quantitative estimate of drug-likeness (QED) is 0.935. The third-order valence-electron chi connectivity index (χ3n) is 3.55. The van der Waals surface area contributed by atoms with Crippen molar-refractivity contribution in [3.05, 3.63) is 53.1 Å². The van der Waals surface area contributed by atoms with Crippen LogP contribution in [0.5, 0.6) is 11.5 Å². The Kier molecular flexibility index (Phi) is 3.82. The van der Waals surface area contributed by atoms with Gasteiger partial charge in [-0.15, -0.1) is 0 Å². The lowest BCUT2D eigenvalue weighted by Gasteiger charge is -2.14. The van der Waals surface area contributed by atoms with Gasteiger partial charge in [-0.3, -0.25) is 9.59 Å². The highest BCUT2D eigenvalue weighted by Gasteiger charge is 2.23. The first-order valence-corrected chi connectivity index (χ1v) is 7.04. The van der Waals surface area contributed by atoms with Crippen molar-refractivity contribution < 1.29 is 23.1 Å². The minimum absolute atomic E-state index is 0.0289. The van der Waals surface area contributed by atoms with Crippen LogP contribution in [-0.4, -0.2) is 11.7 Å². The van der Waals surface area contributed by atoms with Gasteiger partial charge in [0.25, 0.3) is 0 Å². The second kappa shape index (κ2) is 5.79. The highest BCUT2D eigenvalue weighted by Crippen LogP contribution is 2.36. The van der Waals surface area contributed by atoms with Crippen molar-refractivity contribution in [2.45, 2.75) is 19.8 Å². The maximum Gasteiger partial charge on any atom is 0.221 e. The van der Waals surface area contributed by atoms with Gasteiger partial charge in [-0.2, -0.15) is 0 Å². The van der Waals surface area contributed by atoms with E-state index in [0.29, 0.717) is 30.2 Å². The standard InChI is InChI=1S/C17H13F2NO3/c1-9(21)20-14-6-10-2-4-15(22)12(10)8-17(14)23-16-5-3-11(18)7-13(16)19/h3,5-8H,2,4H2,1H3,(H,20,21). The van der Waals surface area contributed by atoms with Gasteiger partial charge in [-0.25, -0.2) is 8.78 Å². The van der Waals surface area contributed by atoms with E-state index in [1.165, 1.54) is 13.0 Å². The first kappa shape index (κ1) is 15.1. The molecule has 1 amide bonds. The molecule has 0 saturated carbocycles. The fourth-order valence-electron chi connectivity index (χ4n) is 2.52. The van der Waals surface area contributed by atoms with E-state index in [-0.39, 0.29) is 23.2 Å². The molecule has 1 aliphatic carbocycles. The summed E-state index contributed by atoms with van der Waals surface area (Å²) in [7, 11) is 0. The smallest absolute Gasteiger partial charge is 0.221 e. The molecule has 3 rings (SSSR count). The molecule has 0 bridgehead atoms. The molecule has 23 heavy (non-hydrogen) atoms. The zero-order valence-electron chi connectivity index (χ0n) is 12.3. The Balaban J connectivity index is 2.03. The molecule has 0 unspecified atom stereocenters. The van der Waals surface area contributed by atoms with E-state index in [1.54, 1.807) is 6.07 Å². The summed E-state index contributed by atoms with van der Waals surface area (Å²) in [6.07, 6.45) is 0.981. The summed E-state index contributed by atoms with van der Waals surface area (Å²) in [5, 5.41) is 2.60. The van der Waals surface area contributed by atoms with E-state index < -0.39 is 11.6 Å². The van der Waals surface area contributed by atoms with Gasteiger partial charge in [0, 0.05) is 25.0 Å². The van der Waals surface area contributed by atoms with E-state index in [2.05, 4.69) is 5.32 Å². The second-order valence-corrected chi connectivity index (χ2v) is 5.29. The fourth-order valence-corrected chi connectivity index (χ4v) is 2.52. The van der Waals surface area contributed by atoms with Crippen molar-refractivity contribution in [2.24, 2.45) is 0 Å². The Morgan fingerprint density at radius 1 is 1.13 bits per heavy atom. The summed E-state index contributed by atoms with van der Waals surface area (Å²) < 4.78 is 32.2. The molecule has 2 aromatic carbocycles. The molecule has 118 valence electrons. The lowest BCUT2D eigenvalue weighted by atomic mass is 10.1. The normalized spacial score (nSPS) is 12.9. The fraction of sp³-hybridized carbons (Fsp3) is 0.176. The van der Waals surface area contributed by atoms with Gasteiger partial charge in [0.05, 0.1) is 5.69 Å². The predicted octanol–water partition coefficient (Wildman–Crippen LogP) is 3.84. The second-order valence-electron chi connectivity index (χ2n) is 5.29. The summed E-state index contributed by atoms with van der Waals surface area (Å²) in [5.41, 5.74) is 1.65. The summed E-state index contributed by atoms with van der Waals surface area (Å²) in [5.74, 6) is -1.99. The van der Waals surface area contributed by atoms with E-state index in [4.69, 9.17) is 4.74 Å². The molecule has 1 N–H and O–H groups in total. The van der Waals surface area contributed by atoms with Crippen molar-refractivity contribution in [1.82, 2.24) is 0 Å². The Morgan fingerprint density at radius 2 is 1.91 bits per heavy atom. The number of halogens is 2. The predicted molar refractivity (Wildman–Crippen MR) is 79.8 cm³/mol. The number of anilines is 1. The van der Waals surface area contributed by atoms with Gasteiger partial charge in [0.15, 0.2) is 23.1 Å². The highest BCUT2D eigenvalue weighted by molar-refractivity contribution is 6.02. The average Bonchev–Trinajstić information content (AvgIpc) is 2.82. The van der Waals surface area contributed by atoms with Crippen LogP contribution in [0.25, 0.3) is 0 Å². The van der Waals surface area contributed by atoms with E-state index >= 15 is 0 Å². The zero-order valence-corrected chi connectivity index (χ0v) is 12.3. The van der Waals surface area contributed by atoms with Crippen LogP contribution in [0.15, 0.2) is 30.3 Å². The maximum absolute atomic E-state index is 13.8. The number of carbonyl (C=O) groups excluding carboxylic acids is 2. The van der Waals surface area contributed by atoms with E-state index in [9.17, 15) is 18.4 Å². The molecule has 4 nitrogen and oxygen atoms in total. The number of ketones is 1. The molecule has 2 aromatic rings. The Labute approximate surface area is 131 Å². The Morgan fingerprint density at radius 3 is 2.61 bits per heavy atom. The molecule has 0 spiro atoms. The van der Waals surface area contributed by atoms with Gasteiger partial charge < -0.3 is 10.1 Å². The summed E-state index contributed by atoms with van der Waals surface area (Å²) in [6, 6.07) is 6.05. The SMILES string of the molecule is CC(=O)Nc1cc2c(cc1Oc1ccc(F)cc1F)C(=O)CC2. The Hall–Kier alpha value is -2.76. The van der Waals surface area contributed by atoms with Crippen LogP contribution in [0, 0.1) is 11.6 Å². The number of amides is 1. The first-order valence-electron chi connectivity index (χ1n) is 7.04. The first-order chi connectivity index (χ1) is 10.9. The molecule has 1 aliphatic rings. The van der Waals surface area contributed by atoms with Crippen molar-refractivity contribution in [1.29, 1.82) is 0 Å². The van der Waals surface area contributed by atoms with Crippen LogP contribution in [0.3, 0.4) is 0 Å². The number of aryl methyl sites for hydroxylation is 1. The van der Waals surface area contributed by atoms with Gasteiger partial charge >= 0.3 is 0 Å². The van der Waals surface area contributed by atoms with Crippen LogP contribution in [0.4, 0.5) is 14.5 Å². The average molecular weight is 317 g/mol. The molecule has 0 aromatic heterocycles. The number of hydrogen-bond donors (Lipinski definition) is 1. The summed E-state index contributed by atoms with van der Waals surface area (Å²) in [6.45, 7) is 1.33. The molecular formula is C17H13F2NO3. The number of benzene rings is 2. The number of rotatable bonds is 3. The topological polar surface area (TPSA) is 55.4 Å². The lowest BCUT2D eigenvalue weighted by Crippen LogP contribution is -2.08. The van der Waals surface area contributed by atoms with Crippen molar-refractivity contribution in [3.8, 4) is 11.5 Å².